The third-order valence-electron chi connectivity index (χ3n) is 4.91. The van der Waals surface area contributed by atoms with Gasteiger partial charge in [-0.15, -0.1) is 11.8 Å². The quantitative estimate of drug-likeness (QED) is 0.755. The van der Waals surface area contributed by atoms with Gasteiger partial charge in [-0.25, -0.2) is 0 Å². The van der Waals surface area contributed by atoms with E-state index in [2.05, 4.69) is 12.1 Å². The van der Waals surface area contributed by atoms with Crippen molar-refractivity contribution in [1.29, 1.82) is 0 Å². The summed E-state index contributed by atoms with van der Waals surface area (Å²) in [5.41, 5.74) is 2.83. The molecule has 0 amide bonds. The van der Waals surface area contributed by atoms with Crippen LogP contribution in [0.5, 0.6) is 0 Å². The number of ketones is 1. The molecule has 3 rings (SSSR count). The van der Waals surface area contributed by atoms with Crippen molar-refractivity contribution in [2.75, 3.05) is 6.61 Å². The lowest BCUT2D eigenvalue weighted by molar-refractivity contribution is -0.142. The van der Waals surface area contributed by atoms with Gasteiger partial charge in [-0.05, 0) is 49.8 Å². The fourth-order valence-corrected chi connectivity index (χ4v) is 4.85. The Morgan fingerprint density at radius 1 is 1.26 bits per heavy atom. The highest BCUT2D eigenvalue weighted by Gasteiger charge is 2.37. The molecule has 0 spiro atoms. The predicted octanol–water partition coefficient (Wildman–Crippen LogP) is 4.66. The summed E-state index contributed by atoms with van der Waals surface area (Å²) in [6.07, 6.45) is 6.27. The lowest BCUT2D eigenvalue weighted by atomic mass is 9.82. The van der Waals surface area contributed by atoms with E-state index in [9.17, 15) is 9.59 Å². The van der Waals surface area contributed by atoms with Gasteiger partial charge in [0.1, 0.15) is 5.25 Å². The largest absolute Gasteiger partial charge is 0.465 e. The van der Waals surface area contributed by atoms with Crippen LogP contribution < -0.4 is 0 Å². The molecule has 2 atom stereocenters. The number of carbonyl (C=O) groups excluding carboxylic acids is 2. The number of rotatable bonds is 3. The molecular formula is C19H24O3S. The fourth-order valence-electron chi connectivity index (χ4n) is 3.66. The van der Waals surface area contributed by atoms with Crippen LogP contribution in [0.4, 0.5) is 0 Å². The molecule has 124 valence electrons. The Balaban J connectivity index is 1.94. The highest BCUT2D eigenvalue weighted by atomic mass is 32.2. The van der Waals surface area contributed by atoms with Crippen molar-refractivity contribution in [1.82, 2.24) is 0 Å². The standard InChI is InChI=1S/C19H24O3S/c1-3-22-19(21)18-15-10-9-14(13-7-5-4-6-8-13)11-16(15)17(20)12(2)23-18/h9-13,18H,3-8H2,1-2H3. The normalized spacial score (nSPS) is 25.0. The van der Waals surface area contributed by atoms with Crippen LogP contribution in [-0.2, 0) is 9.53 Å². The first-order valence-electron chi connectivity index (χ1n) is 8.62. The van der Waals surface area contributed by atoms with Crippen molar-refractivity contribution in [3.05, 3.63) is 34.9 Å². The van der Waals surface area contributed by atoms with Crippen molar-refractivity contribution in [3.8, 4) is 0 Å². The Kier molecular flexibility index (Phi) is 5.10. The minimum Gasteiger partial charge on any atom is -0.465 e. The van der Waals surface area contributed by atoms with E-state index in [1.807, 2.05) is 19.9 Å². The molecule has 23 heavy (non-hydrogen) atoms. The third kappa shape index (κ3) is 3.32. The average Bonchev–Trinajstić information content (AvgIpc) is 2.58. The first-order valence-corrected chi connectivity index (χ1v) is 9.56. The Morgan fingerprint density at radius 2 is 2.00 bits per heavy atom. The van der Waals surface area contributed by atoms with E-state index in [0.29, 0.717) is 12.5 Å². The molecule has 1 aliphatic heterocycles. The van der Waals surface area contributed by atoms with E-state index in [0.717, 1.165) is 11.1 Å². The van der Waals surface area contributed by atoms with Crippen LogP contribution in [0.15, 0.2) is 18.2 Å². The second-order valence-electron chi connectivity index (χ2n) is 6.46. The second-order valence-corrected chi connectivity index (χ2v) is 7.91. The zero-order valence-corrected chi connectivity index (χ0v) is 14.7. The summed E-state index contributed by atoms with van der Waals surface area (Å²) in [6, 6.07) is 6.15. The summed E-state index contributed by atoms with van der Waals surface area (Å²) in [4.78, 5) is 24.8. The Hall–Kier alpha value is -1.29. The summed E-state index contributed by atoms with van der Waals surface area (Å²) in [5, 5.41) is -0.573. The molecule has 1 heterocycles. The SMILES string of the molecule is CCOC(=O)C1SC(C)C(=O)c2cc(C3CCCCC3)ccc21. The molecule has 2 unspecified atom stereocenters. The van der Waals surface area contributed by atoms with Crippen LogP contribution in [-0.4, -0.2) is 23.6 Å². The second kappa shape index (κ2) is 7.08. The number of Topliss-reactive ketones (excluding diaryl/α,β-unsaturated/α-hetero) is 1. The van der Waals surface area contributed by atoms with Crippen molar-refractivity contribution in [3.63, 3.8) is 0 Å². The number of hydrogen-bond donors (Lipinski definition) is 0. The molecule has 4 heteroatoms. The van der Waals surface area contributed by atoms with Gasteiger partial charge in [0.2, 0.25) is 0 Å². The van der Waals surface area contributed by atoms with Gasteiger partial charge >= 0.3 is 5.97 Å². The molecule has 1 saturated carbocycles. The number of benzene rings is 1. The number of fused-ring (bicyclic) bond motifs is 1. The zero-order valence-electron chi connectivity index (χ0n) is 13.8. The van der Waals surface area contributed by atoms with E-state index >= 15 is 0 Å². The van der Waals surface area contributed by atoms with Gasteiger partial charge in [0.05, 0.1) is 11.9 Å². The van der Waals surface area contributed by atoms with Crippen LogP contribution in [0.2, 0.25) is 0 Å². The minimum atomic E-state index is -0.377. The smallest absolute Gasteiger partial charge is 0.323 e. The number of ether oxygens (including phenoxy) is 1. The molecule has 3 nitrogen and oxygen atoms in total. The van der Waals surface area contributed by atoms with Gasteiger partial charge in [0.25, 0.3) is 0 Å². The summed E-state index contributed by atoms with van der Waals surface area (Å²) in [7, 11) is 0. The van der Waals surface area contributed by atoms with E-state index in [-0.39, 0.29) is 22.3 Å². The Labute approximate surface area is 142 Å². The topological polar surface area (TPSA) is 43.4 Å². The van der Waals surface area contributed by atoms with E-state index < -0.39 is 0 Å². The molecule has 1 aliphatic carbocycles. The van der Waals surface area contributed by atoms with Crippen LogP contribution in [0.3, 0.4) is 0 Å². The highest BCUT2D eigenvalue weighted by Crippen LogP contribution is 2.43. The lowest BCUT2D eigenvalue weighted by Crippen LogP contribution is -2.28. The van der Waals surface area contributed by atoms with Crippen molar-refractivity contribution < 1.29 is 14.3 Å². The predicted molar refractivity (Wildman–Crippen MR) is 93.0 cm³/mol. The summed E-state index contributed by atoms with van der Waals surface area (Å²) in [5.74, 6) is 0.472. The number of hydrogen-bond acceptors (Lipinski definition) is 4. The maximum Gasteiger partial charge on any atom is 0.323 e. The van der Waals surface area contributed by atoms with Crippen LogP contribution in [0.25, 0.3) is 0 Å². The monoisotopic (exact) mass is 332 g/mol. The molecule has 1 aromatic carbocycles. The van der Waals surface area contributed by atoms with E-state index in [4.69, 9.17) is 4.74 Å². The molecule has 0 aromatic heterocycles. The first kappa shape index (κ1) is 16.6. The van der Waals surface area contributed by atoms with Crippen LogP contribution in [0, 0.1) is 0 Å². The van der Waals surface area contributed by atoms with Crippen LogP contribution in [0.1, 0.15) is 78.6 Å². The van der Waals surface area contributed by atoms with Crippen LogP contribution >= 0.6 is 11.8 Å². The van der Waals surface area contributed by atoms with E-state index in [1.165, 1.54) is 49.4 Å². The number of esters is 1. The molecule has 1 aromatic rings. The van der Waals surface area contributed by atoms with Crippen molar-refractivity contribution in [2.45, 2.75) is 62.4 Å². The Morgan fingerprint density at radius 3 is 2.70 bits per heavy atom. The van der Waals surface area contributed by atoms with Crippen molar-refractivity contribution in [2.24, 2.45) is 0 Å². The van der Waals surface area contributed by atoms with Gasteiger partial charge in [0.15, 0.2) is 5.78 Å². The summed E-state index contributed by atoms with van der Waals surface area (Å²) >= 11 is 1.40. The average molecular weight is 332 g/mol. The molecule has 1 fully saturated rings. The molecule has 0 radical (unpaired) electrons. The van der Waals surface area contributed by atoms with E-state index in [1.54, 1.807) is 0 Å². The number of carbonyl (C=O) groups is 2. The zero-order chi connectivity index (χ0) is 16.4. The lowest BCUT2D eigenvalue weighted by Gasteiger charge is -2.29. The molecular weight excluding hydrogens is 308 g/mol. The first-order chi connectivity index (χ1) is 11.1. The molecule has 2 aliphatic rings. The number of thioether (sulfide) groups is 1. The molecule has 0 saturated heterocycles. The Bertz CT molecular complexity index is 605. The van der Waals surface area contributed by atoms with Gasteiger partial charge in [-0.3, -0.25) is 9.59 Å². The maximum absolute atomic E-state index is 12.6. The minimum absolute atomic E-state index is 0.142. The molecule has 0 N–H and O–H groups in total. The van der Waals surface area contributed by atoms with Crippen molar-refractivity contribution >= 4 is 23.5 Å². The van der Waals surface area contributed by atoms with Gasteiger partial charge < -0.3 is 4.74 Å². The highest BCUT2D eigenvalue weighted by molar-refractivity contribution is 8.01. The maximum atomic E-state index is 12.6. The van der Waals surface area contributed by atoms with Gasteiger partial charge in [0, 0.05) is 5.56 Å². The molecule has 0 bridgehead atoms. The summed E-state index contributed by atoms with van der Waals surface area (Å²) in [6.45, 7) is 4.07. The summed E-state index contributed by atoms with van der Waals surface area (Å²) < 4.78 is 5.20. The third-order valence-corrected chi connectivity index (χ3v) is 6.25. The van der Waals surface area contributed by atoms with Gasteiger partial charge in [-0.2, -0.15) is 0 Å². The fraction of sp³-hybridized carbons (Fsp3) is 0.579. The van der Waals surface area contributed by atoms with Gasteiger partial charge in [-0.1, -0.05) is 31.4 Å².